The van der Waals surface area contributed by atoms with Crippen LogP contribution >= 0.6 is 0 Å². The Hall–Kier alpha value is -0.610. The highest BCUT2D eigenvalue weighted by molar-refractivity contribution is 5.75. The lowest BCUT2D eigenvalue weighted by Crippen LogP contribution is -2.45. The van der Waals surface area contributed by atoms with Crippen LogP contribution in [0.25, 0.3) is 0 Å². The number of carbonyl (C=O) groups excluding carboxylic acids is 1. The van der Waals surface area contributed by atoms with E-state index in [0.29, 0.717) is 0 Å². The normalized spacial score (nSPS) is 15.1. The number of unbranched alkanes of at least 4 members (excludes halogenated alkanes) is 1. The molecule has 4 heteroatoms. The van der Waals surface area contributed by atoms with Crippen LogP contribution in [0.4, 0.5) is 0 Å². The molecule has 4 nitrogen and oxygen atoms in total. The number of methoxy groups -OCH3 is 1. The SMILES string of the molecule is CCCCC(C(=O)OC)N(C)C(C)CO. The largest absolute Gasteiger partial charge is 0.468 e. The molecule has 0 fully saturated rings. The van der Waals surface area contributed by atoms with Gasteiger partial charge in [0.1, 0.15) is 6.04 Å². The maximum Gasteiger partial charge on any atom is 0.323 e. The summed E-state index contributed by atoms with van der Waals surface area (Å²) in [5.74, 6) is -0.216. The average molecular weight is 217 g/mol. The number of hydrogen-bond donors (Lipinski definition) is 1. The van der Waals surface area contributed by atoms with Crippen LogP contribution in [0.2, 0.25) is 0 Å². The van der Waals surface area contributed by atoms with E-state index in [0.717, 1.165) is 19.3 Å². The van der Waals surface area contributed by atoms with Crippen LogP contribution in [0, 0.1) is 0 Å². The summed E-state index contributed by atoms with van der Waals surface area (Å²) >= 11 is 0. The van der Waals surface area contributed by atoms with Crippen molar-refractivity contribution in [1.29, 1.82) is 0 Å². The van der Waals surface area contributed by atoms with Crippen LogP contribution in [-0.4, -0.2) is 48.8 Å². The van der Waals surface area contributed by atoms with Gasteiger partial charge < -0.3 is 9.84 Å². The Labute approximate surface area is 92.2 Å². The van der Waals surface area contributed by atoms with Gasteiger partial charge in [-0.25, -0.2) is 0 Å². The molecule has 0 bridgehead atoms. The van der Waals surface area contributed by atoms with E-state index in [1.165, 1.54) is 7.11 Å². The molecule has 0 radical (unpaired) electrons. The van der Waals surface area contributed by atoms with E-state index in [1.807, 2.05) is 18.9 Å². The standard InChI is InChI=1S/C11H23NO3/c1-5-6-7-10(11(14)15-4)12(3)9(2)8-13/h9-10,13H,5-8H2,1-4H3. The van der Waals surface area contributed by atoms with Crippen LogP contribution in [-0.2, 0) is 9.53 Å². The quantitative estimate of drug-likeness (QED) is 0.647. The van der Waals surface area contributed by atoms with Crippen molar-refractivity contribution in [3.05, 3.63) is 0 Å². The van der Waals surface area contributed by atoms with E-state index in [4.69, 9.17) is 9.84 Å². The first kappa shape index (κ1) is 14.4. The topological polar surface area (TPSA) is 49.8 Å². The molecule has 0 saturated heterocycles. The molecule has 1 N–H and O–H groups in total. The van der Waals surface area contributed by atoms with Gasteiger partial charge in [-0.05, 0) is 20.4 Å². The maximum atomic E-state index is 11.5. The molecular formula is C11H23NO3. The predicted molar refractivity (Wildman–Crippen MR) is 59.6 cm³/mol. The number of esters is 1. The van der Waals surface area contributed by atoms with E-state index in [9.17, 15) is 4.79 Å². The molecule has 0 aliphatic heterocycles. The van der Waals surface area contributed by atoms with Crippen LogP contribution in [0.15, 0.2) is 0 Å². The van der Waals surface area contributed by atoms with E-state index in [2.05, 4.69) is 6.92 Å². The number of nitrogens with zero attached hydrogens (tertiary/aromatic N) is 1. The van der Waals surface area contributed by atoms with Crippen molar-refractivity contribution in [2.75, 3.05) is 20.8 Å². The molecule has 15 heavy (non-hydrogen) atoms. The lowest BCUT2D eigenvalue weighted by molar-refractivity contribution is -0.147. The first-order valence-electron chi connectivity index (χ1n) is 5.49. The zero-order chi connectivity index (χ0) is 11.8. The van der Waals surface area contributed by atoms with Crippen LogP contribution in [0.3, 0.4) is 0 Å². The fourth-order valence-corrected chi connectivity index (χ4v) is 1.46. The number of aliphatic hydroxyl groups excluding tert-OH is 1. The van der Waals surface area contributed by atoms with Gasteiger partial charge >= 0.3 is 5.97 Å². The third-order valence-electron chi connectivity index (χ3n) is 2.76. The van der Waals surface area contributed by atoms with Gasteiger partial charge in [0.2, 0.25) is 0 Å². The van der Waals surface area contributed by atoms with E-state index in [-0.39, 0.29) is 24.7 Å². The van der Waals surface area contributed by atoms with E-state index < -0.39 is 0 Å². The average Bonchev–Trinajstić information content (AvgIpc) is 2.27. The molecule has 0 aromatic carbocycles. The van der Waals surface area contributed by atoms with Crippen molar-refractivity contribution in [1.82, 2.24) is 4.90 Å². The molecule has 2 unspecified atom stereocenters. The zero-order valence-electron chi connectivity index (χ0n) is 10.2. The fraction of sp³-hybridized carbons (Fsp3) is 0.909. The molecule has 0 aromatic heterocycles. The number of carbonyl (C=O) groups is 1. The summed E-state index contributed by atoms with van der Waals surface area (Å²) in [5, 5.41) is 9.04. The summed E-state index contributed by atoms with van der Waals surface area (Å²) in [6, 6.07) is -0.261. The third kappa shape index (κ3) is 4.62. The van der Waals surface area contributed by atoms with Gasteiger partial charge in [-0.3, -0.25) is 9.69 Å². The Kier molecular flexibility index (Phi) is 7.34. The summed E-state index contributed by atoms with van der Waals surface area (Å²) in [4.78, 5) is 13.4. The number of ether oxygens (including phenoxy) is 1. The van der Waals surface area contributed by atoms with Crippen molar-refractivity contribution >= 4 is 5.97 Å². The second-order valence-electron chi connectivity index (χ2n) is 3.88. The van der Waals surface area contributed by atoms with Gasteiger partial charge in [0.05, 0.1) is 13.7 Å². The molecule has 0 aliphatic carbocycles. The Morgan fingerprint density at radius 2 is 2.13 bits per heavy atom. The zero-order valence-corrected chi connectivity index (χ0v) is 10.2. The lowest BCUT2D eigenvalue weighted by Gasteiger charge is -2.30. The summed E-state index contributed by atoms with van der Waals surface area (Å²) in [6.07, 6.45) is 2.82. The van der Waals surface area contributed by atoms with Crippen molar-refractivity contribution < 1.29 is 14.6 Å². The molecular weight excluding hydrogens is 194 g/mol. The third-order valence-corrected chi connectivity index (χ3v) is 2.76. The first-order valence-corrected chi connectivity index (χ1v) is 5.49. The van der Waals surface area contributed by atoms with Gasteiger partial charge in [-0.15, -0.1) is 0 Å². The number of rotatable bonds is 7. The Morgan fingerprint density at radius 1 is 1.53 bits per heavy atom. The number of likely N-dealkylation sites (N-methyl/N-ethyl adjacent to an activating group) is 1. The summed E-state index contributed by atoms with van der Waals surface area (Å²) in [7, 11) is 3.25. The van der Waals surface area contributed by atoms with Crippen molar-refractivity contribution in [3.63, 3.8) is 0 Å². The first-order chi connectivity index (χ1) is 7.08. The molecule has 0 amide bonds. The molecule has 0 rings (SSSR count). The monoisotopic (exact) mass is 217 g/mol. The predicted octanol–water partition coefficient (Wildman–Crippen LogP) is 1.03. The molecule has 0 saturated carbocycles. The van der Waals surface area contributed by atoms with Crippen LogP contribution < -0.4 is 0 Å². The van der Waals surface area contributed by atoms with Gasteiger partial charge in [0.25, 0.3) is 0 Å². The highest BCUT2D eigenvalue weighted by atomic mass is 16.5. The van der Waals surface area contributed by atoms with Gasteiger partial charge in [0, 0.05) is 6.04 Å². The minimum atomic E-state index is -0.239. The lowest BCUT2D eigenvalue weighted by atomic mass is 10.1. The molecule has 0 heterocycles. The van der Waals surface area contributed by atoms with Gasteiger partial charge in [-0.2, -0.15) is 0 Å². The number of aliphatic hydroxyl groups is 1. The van der Waals surface area contributed by atoms with Gasteiger partial charge in [0.15, 0.2) is 0 Å². The Bertz CT molecular complexity index is 185. The minimum absolute atomic E-state index is 0.0223. The molecule has 0 aliphatic rings. The summed E-state index contributed by atoms with van der Waals surface area (Å²) in [6.45, 7) is 4.03. The smallest absolute Gasteiger partial charge is 0.323 e. The van der Waals surface area contributed by atoms with Crippen molar-refractivity contribution in [2.24, 2.45) is 0 Å². The fourth-order valence-electron chi connectivity index (χ4n) is 1.46. The van der Waals surface area contributed by atoms with Crippen LogP contribution in [0.5, 0.6) is 0 Å². The summed E-state index contributed by atoms with van der Waals surface area (Å²) < 4.78 is 4.76. The van der Waals surface area contributed by atoms with Crippen LogP contribution in [0.1, 0.15) is 33.1 Å². The number of hydrogen-bond acceptors (Lipinski definition) is 4. The minimum Gasteiger partial charge on any atom is -0.468 e. The second kappa shape index (κ2) is 7.65. The Morgan fingerprint density at radius 3 is 2.53 bits per heavy atom. The van der Waals surface area contributed by atoms with E-state index in [1.54, 1.807) is 0 Å². The maximum absolute atomic E-state index is 11.5. The molecule has 90 valence electrons. The summed E-state index contributed by atoms with van der Waals surface area (Å²) in [5.41, 5.74) is 0. The van der Waals surface area contributed by atoms with Crippen molar-refractivity contribution in [2.45, 2.75) is 45.2 Å². The second-order valence-corrected chi connectivity index (χ2v) is 3.88. The molecule has 0 aromatic rings. The molecule has 0 spiro atoms. The molecule has 2 atom stereocenters. The van der Waals surface area contributed by atoms with Crippen molar-refractivity contribution in [3.8, 4) is 0 Å². The highest BCUT2D eigenvalue weighted by Gasteiger charge is 2.26. The Balaban J connectivity index is 4.39. The van der Waals surface area contributed by atoms with Gasteiger partial charge in [-0.1, -0.05) is 19.8 Å². The van der Waals surface area contributed by atoms with E-state index >= 15 is 0 Å². The highest BCUT2D eigenvalue weighted by Crippen LogP contribution is 2.11.